The van der Waals surface area contributed by atoms with Crippen molar-refractivity contribution in [1.82, 2.24) is 9.97 Å². The zero-order valence-corrected chi connectivity index (χ0v) is 13.5. The maximum atomic E-state index is 4.72. The number of rotatable bonds is 2. The van der Waals surface area contributed by atoms with Crippen LogP contribution in [0.15, 0.2) is 0 Å². The normalized spacial score (nSPS) is 18.2. The molecule has 1 N–H and O–H groups in total. The molecule has 0 radical (unpaired) electrons. The summed E-state index contributed by atoms with van der Waals surface area (Å²) in [5, 5.41) is 3.18. The Balaban J connectivity index is 2.22. The van der Waals surface area contributed by atoms with Gasteiger partial charge in [0.25, 0.3) is 0 Å². The quantitative estimate of drug-likeness (QED) is 0.802. The third-order valence-electron chi connectivity index (χ3n) is 3.74. The van der Waals surface area contributed by atoms with Crippen LogP contribution in [0.25, 0.3) is 0 Å². The van der Waals surface area contributed by atoms with Crippen molar-refractivity contribution in [1.29, 1.82) is 0 Å². The average molecular weight is 359 g/mol. The van der Waals surface area contributed by atoms with E-state index in [9.17, 15) is 0 Å². The third kappa shape index (κ3) is 3.33. The van der Waals surface area contributed by atoms with Crippen molar-refractivity contribution in [2.24, 2.45) is 0 Å². The van der Waals surface area contributed by atoms with Gasteiger partial charge in [-0.25, -0.2) is 9.97 Å². The first kappa shape index (κ1) is 14.0. The minimum absolute atomic E-state index is 0.563. The van der Waals surface area contributed by atoms with Gasteiger partial charge in [0.05, 0.1) is 9.26 Å². The summed E-state index contributed by atoms with van der Waals surface area (Å²) in [6.45, 7) is 2.08. The van der Waals surface area contributed by atoms with E-state index in [0.29, 0.717) is 5.92 Å². The number of halogens is 1. The van der Waals surface area contributed by atoms with Gasteiger partial charge in [0.15, 0.2) is 0 Å². The summed E-state index contributed by atoms with van der Waals surface area (Å²) in [5.41, 5.74) is 1.10. The molecule has 2 rings (SSSR count). The Hall–Kier alpha value is -0.390. The molecule has 1 aliphatic carbocycles. The lowest BCUT2D eigenvalue weighted by atomic mass is 9.90. The first-order valence-corrected chi connectivity index (χ1v) is 8.02. The van der Waals surface area contributed by atoms with Gasteiger partial charge < -0.3 is 5.32 Å². The molecule has 18 heavy (non-hydrogen) atoms. The first-order valence-electron chi connectivity index (χ1n) is 6.94. The molecule has 0 spiro atoms. The highest BCUT2D eigenvalue weighted by Crippen LogP contribution is 2.30. The average Bonchev–Trinajstić information content (AvgIpc) is 2.32. The number of nitrogens with one attached hydrogen (secondary N) is 1. The second-order valence-corrected chi connectivity index (χ2v) is 6.20. The van der Waals surface area contributed by atoms with Crippen LogP contribution in [0.2, 0.25) is 0 Å². The number of hydrogen-bond donors (Lipinski definition) is 1. The molecule has 0 bridgehead atoms. The summed E-state index contributed by atoms with van der Waals surface area (Å²) < 4.78 is 1.14. The second-order valence-electron chi connectivity index (χ2n) is 5.12. The predicted molar refractivity (Wildman–Crippen MR) is 84.1 cm³/mol. The lowest BCUT2D eigenvalue weighted by molar-refractivity contribution is 0.442. The molecule has 0 aliphatic heterocycles. The Bertz CT molecular complexity index is 398. The summed E-state index contributed by atoms with van der Waals surface area (Å²) in [7, 11) is 1.94. The van der Waals surface area contributed by atoms with Gasteiger partial charge in [-0.05, 0) is 42.4 Å². The molecule has 3 nitrogen and oxygen atoms in total. The highest BCUT2D eigenvalue weighted by molar-refractivity contribution is 14.1. The minimum atomic E-state index is 0.563. The van der Waals surface area contributed by atoms with Crippen LogP contribution >= 0.6 is 22.6 Å². The van der Waals surface area contributed by atoms with E-state index in [4.69, 9.17) is 9.97 Å². The number of aromatic nitrogens is 2. The molecule has 1 heterocycles. The fourth-order valence-electron chi connectivity index (χ4n) is 2.64. The molecule has 4 heteroatoms. The molecule has 0 unspecified atom stereocenters. The van der Waals surface area contributed by atoms with Gasteiger partial charge in [0.1, 0.15) is 11.6 Å². The van der Waals surface area contributed by atoms with Crippen LogP contribution in [0.5, 0.6) is 0 Å². The number of hydrogen-bond acceptors (Lipinski definition) is 3. The molecular formula is C14H22IN3. The van der Waals surface area contributed by atoms with Gasteiger partial charge in [-0.2, -0.15) is 0 Å². The maximum Gasteiger partial charge on any atom is 0.143 e. The van der Waals surface area contributed by atoms with Gasteiger partial charge in [0.2, 0.25) is 0 Å². The summed E-state index contributed by atoms with van der Waals surface area (Å²) in [5.74, 6) is 2.60. The lowest BCUT2D eigenvalue weighted by Crippen LogP contribution is -2.11. The monoisotopic (exact) mass is 359 g/mol. The Morgan fingerprint density at radius 1 is 1.06 bits per heavy atom. The molecule has 0 saturated heterocycles. The molecule has 0 atom stereocenters. The lowest BCUT2D eigenvalue weighted by Gasteiger charge is -2.19. The SMILES string of the molecule is CNc1nc(C2CCCCCCC2)nc(C)c1I. The van der Waals surface area contributed by atoms with Crippen LogP contribution in [-0.2, 0) is 0 Å². The minimum Gasteiger partial charge on any atom is -0.372 e. The molecule has 0 aromatic carbocycles. The maximum absolute atomic E-state index is 4.72. The highest BCUT2D eigenvalue weighted by atomic mass is 127. The van der Waals surface area contributed by atoms with E-state index in [-0.39, 0.29) is 0 Å². The fraction of sp³-hybridized carbons (Fsp3) is 0.714. The van der Waals surface area contributed by atoms with Gasteiger partial charge in [0, 0.05) is 13.0 Å². The van der Waals surface area contributed by atoms with Crippen LogP contribution in [0.3, 0.4) is 0 Å². The molecule has 1 fully saturated rings. The number of nitrogens with zero attached hydrogens (tertiary/aromatic N) is 2. The summed E-state index contributed by atoms with van der Waals surface area (Å²) in [6, 6.07) is 0. The van der Waals surface area contributed by atoms with Gasteiger partial charge in [-0.15, -0.1) is 0 Å². The molecule has 1 saturated carbocycles. The zero-order chi connectivity index (χ0) is 13.0. The van der Waals surface area contributed by atoms with E-state index in [0.717, 1.165) is 20.9 Å². The van der Waals surface area contributed by atoms with Crippen molar-refractivity contribution < 1.29 is 0 Å². The summed E-state index contributed by atoms with van der Waals surface area (Å²) in [4.78, 5) is 9.44. The van der Waals surface area contributed by atoms with E-state index in [1.807, 2.05) is 7.05 Å². The number of aryl methyl sites for hydroxylation is 1. The Labute approximate surface area is 123 Å². The molecule has 0 amide bonds. The van der Waals surface area contributed by atoms with Crippen LogP contribution < -0.4 is 5.32 Å². The van der Waals surface area contributed by atoms with Crippen LogP contribution in [-0.4, -0.2) is 17.0 Å². The second kappa shape index (κ2) is 6.68. The Morgan fingerprint density at radius 2 is 1.67 bits per heavy atom. The molecule has 1 aromatic heterocycles. The molecule has 1 aromatic rings. The first-order chi connectivity index (χ1) is 8.72. The van der Waals surface area contributed by atoms with E-state index in [2.05, 4.69) is 34.8 Å². The van der Waals surface area contributed by atoms with Crippen LogP contribution in [0.1, 0.15) is 62.4 Å². The van der Waals surface area contributed by atoms with Crippen molar-refractivity contribution >= 4 is 28.4 Å². The third-order valence-corrected chi connectivity index (χ3v) is 5.03. The Morgan fingerprint density at radius 3 is 2.28 bits per heavy atom. The molecule has 100 valence electrons. The van der Waals surface area contributed by atoms with Crippen molar-refractivity contribution in [3.05, 3.63) is 15.1 Å². The largest absolute Gasteiger partial charge is 0.372 e. The fourth-order valence-corrected chi connectivity index (χ4v) is 3.15. The predicted octanol–water partition coefficient (Wildman–Crippen LogP) is 4.26. The topological polar surface area (TPSA) is 37.8 Å². The van der Waals surface area contributed by atoms with Gasteiger partial charge >= 0.3 is 0 Å². The number of anilines is 1. The van der Waals surface area contributed by atoms with Crippen LogP contribution in [0.4, 0.5) is 5.82 Å². The summed E-state index contributed by atoms with van der Waals surface area (Å²) in [6.07, 6.45) is 9.31. The van der Waals surface area contributed by atoms with Crippen molar-refractivity contribution in [3.63, 3.8) is 0 Å². The van der Waals surface area contributed by atoms with Crippen molar-refractivity contribution in [2.75, 3.05) is 12.4 Å². The summed E-state index contributed by atoms with van der Waals surface area (Å²) >= 11 is 2.32. The molecular weight excluding hydrogens is 337 g/mol. The van der Waals surface area contributed by atoms with Crippen molar-refractivity contribution in [2.45, 2.75) is 57.8 Å². The van der Waals surface area contributed by atoms with E-state index in [1.54, 1.807) is 0 Å². The van der Waals surface area contributed by atoms with Gasteiger partial charge in [-0.3, -0.25) is 0 Å². The van der Waals surface area contributed by atoms with E-state index >= 15 is 0 Å². The Kier molecular flexibility index (Phi) is 5.21. The highest BCUT2D eigenvalue weighted by Gasteiger charge is 2.18. The smallest absolute Gasteiger partial charge is 0.143 e. The van der Waals surface area contributed by atoms with Crippen LogP contribution in [0, 0.1) is 10.5 Å². The standard InChI is InChI=1S/C14H22IN3/c1-10-12(15)14(16-2)18-13(17-10)11-8-6-4-3-5-7-9-11/h11H,3-9H2,1-2H3,(H,16,17,18). The zero-order valence-electron chi connectivity index (χ0n) is 11.3. The van der Waals surface area contributed by atoms with E-state index in [1.165, 1.54) is 44.9 Å². The van der Waals surface area contributed by atoms with E-state index < -0.39 is 0 Å². The molecule has 1 aliphatic rings. The van der Waals surface area contributed by atoms with Gasteiger partial charge in [-0.1, -0.05) is 32.1 Å². The van der Waals surface area contributed by atoms with Crippen molar-refractivity contribution in [3.8, 4) is 0 Å².